The molecule has 1 heterocycles. The normalized spacial score (nSPS) is 14.1. The fourth-order valence-electron chi connectivity index (χ4n) is 2.47. The number of amides is 1. The van der Waals surface area contributed by atoms with E-state index in [1.165, 1.54) is 25.1 Å². The van der Waals surface area contributed by atoms with Gasteiger partial charge in [0, 0.05) is 17.8 Å². The minimum Gasteiger partial charge on any atom is -0.352 e. The number of carbonyl (C=O) groups excluding carboxylic acids is 1. The lowest BCUT2D eigenvalue weighted by molar-refractivity contribution is 0.0946. The first-order valence-electron chi connectivity index (χ1n) is 7.07. The number of anilines is 1. The zero-order valence-corrected chi connectivity index (χ0v) is 13.2. The van der Waals surface area contributed by atoms with Gasteiger partial charge in [0.2, 0.25) is 0 Å². The lowest BCUT2D eigenvalue weighted by Crippen LogP contribution is -2.31. The Morgan fingerprint density at radius 1 is 1.17 bits per heavy atom. The van der Waals surface area contributed by atoms with Gasteiger partial charge in [0.15, 0.2) is 0 Å². The summed E-state index contributed by atoms with van der Waals surface area (Å²) < 4.78 is 40.5. The molecule has 1 aliphatic heterocycles. The number of rotatable bonds is 3. The van der Waals surface area contributed by atoms with Crippen molar-refractivity contribution in [2.24, 2.45) is 0 Å². The maximum atomic E-state index is 13.3. The summed E-state index contributed by atoms with van der Waals surface area (Å²) in [5.74, 6) is -0.681. The minimum atomic E-state index is -3.84. The molecule has 0 aliphatic carbocycles. The summed E-state index contributed by atoms with van der Waals surface area (Å²) in [5, 5.41) is 2.72. The second-order valence-electron chi connectivity index (χ2n) is 5.39. The van der Waals surface area contributed by atoms with Gasteiger partial charge >= 0.3 is 0 Å². The molecule has 0 bridgehead atoms. The van der Waals surface area contributed by atoms with Crippen molar-refractivity contribution in [3.8, 4) is 0 Å². The maximum absolute atomic E-state index is 13.3. The molecule has 5 nitrogen and oxygen atoms in total. The van der Waals surface area contributed by atoms with Crippen molar-refractivity contribution in [2.45, 2.75) is 18.2 Å². The molecule has 2 aromatic carbocycles. The summed E-state index contributed by atoms with van der Waals surface area (Å²) in [6.07, 6.45) is 0.714. The monoisotopic (exact) mass is 334 g/mol. The molecule has 0 saturated carbocycles. The Kier molecular flexibility index (Phi) is 3.81. The van der Waals surface area contributed by atoms with Crippen LogP contribution in [0.25, 0.3) is 0 Å². The number of nitrogens with one attached hydrogen (secondary N) is 2. The molecule has 2 N–H and O–H groups in total. The van der Waals surface area contributed by atoms with Crippen LogP contribution < -0.4 is 10.0 Å². The highest BCUT2D eigenvalue weighted by molar-refractivity contribution is 7.92. The number of carbonyl (C=O) groups is 1. The standard InChI is InChI=1S/C16H15FN2O3S/c1-10-8-13(4-5-15(10)17)23(21,22)19-12-3-2-11-6-7-18-16(20)14(11)9-12/h2-5,8-9,19H,6-7H2,1H3,(H,18,20). The maximum Gasteiger partial charge on any atom is 0.261 e. The summed E-state index contributed by atoms with van der Waals surface area (Å²) in [6.45, 7) is 2.07. The van der Waals surface area contributed by atoms with Crippen molar-refractivity contribution in [2.75, 3.05) is 11.3 Å². The number of halogens is 1. The van der Waals surface area contributed by atoms with Gasteiger partial charge in [-0.05, 0) is 54.8 Å². The van der Waals surface area contributed by atoms with Crippen LogP contribution >= 0.6 is 0 Å². The molecule has 3 rings (SSSR count). The first-order valence-corrected chi connectivity index (χ1v) is 8.55. The number of benzene rings is 2. The summed E-state index contributed by atoms with van der Waals surface area (Å²) in [4.78, 5) is 11.8. The molecule has 0 atom stereocenters. The molecular weight excluding hydrogens is 319 g/mol. The molecule has 0 fully saturated rings. The molecule has 1 amide bonds. The van der Waals surface area contributed by atoms with Gasteiger partial charge in [0.1, 0.15) is 5.82 Å². The molecular formula is C16H15FN2O3S. The average molecular weight is 334 g/mol. The zero-order chi connectivity index (χ0) is 16.6. The second kappa shape index (κ2) is 5.66. The van der Waals surface area contributed by atoms with Crippen molar-refractivity contribution < 1.29 is 17.6 Å². The van der Waals surface area contributed by atoms with Crippen LogP contribution in [-0.2, 0) is 16.4 Å². The van der Waals surface area contributed by atoms with Crippen molar-refractivity contribution in [1.29, 1.82) is 0 Å². The Bertz CT molecular complexity index is 894. The van der Waals surface area contributed by atoms with E-state index in [1.807, 2.05) is 0 Å². The van der Waals surface area contributed by atoms with Gasteiger partial charge in [0.05, 0.1) is 4.90 Å². The summed E-state index contributed by atoms with van der Waals surface area (Å²) in [7, 11) is -3.84. The minimum absolute atomic E-state index is 0.0291. The third-order valence-corrected chi connectivity index (χ3v) is 5.11. The zero-order valence-electron chi connectivity index (χ0n) is 12.4. The van der Waals surface area contributed by atoms with Crippen molar-refractivity contribution in [3.05, 3.63) is 58.9 Å². The molecule has 0 radical (unpaired) electrons. The molecule has 2 aromatic rings. The van der Waals surface area contributed by atoms with Gasteiger partial charge in [-0.2, -0.15) is 0 Å². The van der Waals surface area contributed by atoms with Crippen LogP contribution in [0.4, 0.5) is 10.1 Å². The van der Waals surface area contributed by atoms with Gasteiger partial charge in [-0.25, -0.2) is 12.8 Å². The molecule has 23 heavy (non-hydrogen) atoms. The van der Waals surface area contributed by atoms with E-state index in [0.29, 0.717) is 24.2 Å². The molecule has 120 valence electrons. The van der Waals surface area contributed by atoms with E-state index in [2.05, 4.69) is 10.0 Å². The number of sulfonamides is 1. The highest BCUT2D eigenvalue weighted by Crippen LogP contribution is 2.22. The van der Waals surface area contributed by atoms with Gasteiger partial charge in [-0.3, -0.25) is 9.52 Å². The summed E-state index contributed by atoms with van der Waals surface area (Å²) >= 11 is 0. The van der Waals surface area contributed by atoms with Crippen molar-refractivity contribution >= 4 is 21.6 Å². The number of hydrogen-bond donors (Lipinski definition) is 2. The quantitative estimate of drug-likeness (QED) is 0.904. The first-order chi connectivity index (χ1) is 10.9. The SMILES string of the molecule is Cc1cc(S(=O)(=O)Nc2ccc3c(c2)C(=O)NCC3)ccc1F. The summed E-state index contributed by atoms with van der Waals surface area (Å²) in [6, 6.07) is 8.45. The van der Waals surface area contributed by atoms with Crippen LogP contribution in [0.1, 0.15) is 21.5 Å². The molecule has 1 aliphatic rings. The molecule has 7 heteroatoms. The van der Waals surface area contributed by atoms with E-state index >= 15 is 0 Å². The predicted octanol–water partition coefficient (Wildman–Crippen LogP) is 2.22. The first kappa shape index (κ1) is 15.5. The van der Waals surface area contributed by atoms with E-state index in [4.69, 9.17) is 0 Å². The average Bonchev–Trinajstić information content (AvgIpc) is 2.50. The fourth-order valence-corrected chi connectivity index (χ4v) is 3.61. The molecule has 0 spiro atoms. The Hall–Kier alpha value is -2.41. The second-order valence-corrected chi connectivity index (χ2v) is 7.08. The van der Waals surface area contributed by atoms with Crippen molar-refractivity contribution in [3.63, 3.8) is 0 Å². The van der Waals surface area contributed by atoms with Gasteiger partial charge < -0.3 is 5.32 Å². The van der Waals surface area contributed by atoms with Crippen molar-refractivity contribution in [1.82, 2.24) is 5.32 Å². The fraction of sp³-hybridized carbons (Fsp3) is 0.188. The largest absolute Gasteiger partial charge is 0.352 e. The Morgan fingerprint density at radius 3 is 2.70 bits per heavy atom. The third kappa shape index (κ3) is 3.05. The molecule has 0 unspecified atom stereocenters. The topological polar surface area (TPSA) is 75.3 Å². The van der Waals surface area contributed by atoms with Crippen LogP contribution in [0.2, 0.25) is 0 Å². The number of aryl methyl sites for hydroxylation is 1. The van der Waals surface area contributed by atoms with Crippen LogP contribution in [0.15, 0.2) is 41.3 Å². The van der Waals surface area contributed by atoms with E-state index < -0.39 is 15.8 Å². The number of hydrogen-bond acceptors (Lipinski definition) is 3. The Labute approximate surface area is 133 Å². The van der Waals surface area contributed by atoms with E-state index in [-0.39, 0.29) is 16.4 Å². The van der Waals surface area contributed by atoms with Crippen LogP contribution in [0, 0.1) is 12.7 Å². The summed E-state index contributed by atoms with van der Waals surface area (Å²) in [5.41, 5.74) is 1.89. The lowest BCUT2D eigenvalue weighted by atomic mass is 10.00. The van der Waals surface area contributed by atoms with Crippen LogP contribution in [-0.4, -0.2) is 20.9 Å². The van der Waals surface area contributed by atoms with E-state index in [0.717, 1.165) is 11.6 Å². The Morgan fingerprint density at radius 2 is 1.96 bits per heavy atom. The lowest BCUT2D eigenvalue weighted by Gasteiger charge is -2.17. The third-order valence-electron chi connectivity index (χ3n) is 3.73. The molecule has 0 aromatic heterocycles. The van der Waals surface area contributed by atoms with Gasteiger partial charge in [-0.1, -0.05) is 6.07 Å². The van der Waals surface area contributed by atoms with Gasteiger partial charge in [0.25, 0.3) is 15.9 Å². The van der Waals surface area contributed by atoms with Crippen LogP contribution in [0.3, 0.4) is 0 Å². The van der Waals surface area contributed by atoms with Crippen LogP contribution in [0.5, 0.6) is 0 Å². The predicted molar refractivity (Wildman–Crippen MR) is 84.4 cm³/mol. The molecule has 0 saturated heterocycles. The van der Waals surface area contributed by atoms with Gasteiger partial charge in [-0.15, -0.1) is 0 Å². The highest BCUT2D eigenvalue weighted by atomic mass is 32.2. The van der Waals surface area contributed by atoms with E-state index in [1.54, 1.807) is 12.1 Å². The van der Waals surface area contributed by atoms with E-state index in [9.17, 15) is 17.6 Å². The number of fused-ring (bicyclic) bond motifs is 1. The smallest absolute Gasteiger partial charge is 0.261 e. The Balaban J connectivity index is 1.93. The highest BCUT2D eigenvalue weighted by Gasteiger charge is 2.19.